The molecular weight excluding hydrogens is 402 g/mol. The molecule has 0 unspecified atom stereocenters. The van der Waals surface area contributed by atoms with Gasteiger partial charge in [0.1, 0.15) is 5.65 Å². The van der Waals surface area contributed by atoms with Gasteiger partial charge in [-0.15, -0.1) is 0 Å². The van der Waals surface area contributed by atoms with Gasteiger partial charge in [0.05, 0.1) is 16.8 Å². The van der Waals surface area contributed by atoms with E-state index in [-0.39, 0.29) is 11.5 Å². The molecule has 0 fully saturated rings. The Morgan fingerprint density at radius 2 is 1.70 bits per heavy atom. The number of aromatic carboxylic acids is 1. The Bertz CT molecular complexity index is 1230. The minimum absolute atomic E-state index is 0.211. The lowest BCUT2D eigenvalue weighted by molar-refractivity contribution is 0.0696. The maximum Gasteiger partial charge on any atom is 0.335 e. The molecule has 0 radical (unpaired) electrons. The van der Waals surface area contributed by atoms with Crippen LogP contribution in [0.5, 0.6) is 0 Å². The van der Waals surface area contributed by atoms with Crippen LogP contribution < -0.4 is 5.32 Å². The van der Waals surface area contributed by atoms with E-state index in [0.29, 0.717) is 23.6 Å². The fourth-order valence-electron chi connectivity index (χ4n) is 3.15. The summed E-state index contributed by atoms with van der Waals surface area (Å²) in [6.45, 7) is 0.304. The molecule has 0 aliphatic carbocycles. The van der Waals surface area contributed by atoms with E-state index in [2.05, 4.69) is 10.3 Å². The fourth-order valence-corrected chi connectivity index (χ4v) is 3.35. The second-order valence-electron chi connectivity index (χ2n) is 6.87. The number of carboxylic acids is 1. The van der Waals surface area contributed by atoms with Crippen molar-refractivity contribution < 1.29 is 14.7 Å². The zero-order chi connectivity index (χ0) is 21.1. The van der Waals surface area contributed by atoms with Gasteiger partial charge in [-0.1, -0.05) is 41.9 Å². The minimum Gasteiger partial charge on any atom is -0.478 e. The highest BCUT2D eigenvalue weighted by molar-refractivity contribution is 6.31. The maximum absolute atomic E-state index is 12.5. The molecule has 0 aliphatic heterocycles. The Labute approximate surface area is 177 Å². The average Bonchev–Trinajstić information content (AvgIpc) is 3.15. The molecule has 4 aromatic rings. The summed E-state index contributed by atoms with van der Waals surface area (Å²) >= 11 is 6.23. The summed E-state index contributed by atoms with van der Waals surface area (Å²) in [4.78, 5) is 28.0. The van der Waals surface area contributed by atoms with Gasteiger partial charge in [0.25, 0.3) is 5.91 Å². The van der Waals surface area contributed by atoms with E-state index in [9.17, 15) is 9.59 Å². The monoisotopic (exact) mass is 419 g/mol. The van der Waals surface area contributed by atoms with Gasteiger partial charge in [-0.05, 0) is 41.5 Å². The Hall–Kier alpha value is -3.64. The number of carbonyl (C=O) groups is 2. The third kappa shape index (κ3) is 4.34. The highest BCUT2D eigenvalue weighted by Gasteiger charge is 2.10. The van der Waals surface area contributed by atoms with E-state index in [1.165, 1.54) is 12.1 Å². The summed E-state index contributed by atoms with van der Waals surface area (Å²) in [7, 11) is 0. The smallest absolute Gasteiger partial charge is 0.335 e. The molecule has 0 bridgehead atoms. The summed E-state index contributed by atoms with van der Waals surface area (Å²) in [5.41, 5.74) is 4.14. The summed E-state index contributed by atoms with van der Waals surface area (Å²) in [6.07, 6.45) is 4.23. The molecule has 6 nitrogen and oxygen atoms in total. The lowest BCUT2D eigenvalue weighted by Gasteiger charge is -2.06. The molecule has 30 heavy (non-hydrogen) atoms. The molecule has 150 valence electrons. The van der Waals surface area contributed by atoms with Crippen LogP contribution in [0, 0.1) is 0 Å². The van der Waals surface area contributed by atoms with Gasteiger partial charge in [0, 0.05) is 30.4 Å². The van der Waals surface area contributed by atoms with Crippen molar-refractivity contribution >= 4 is 29.1 Å². The number of pyridine rings is 1. The van der Waals surface area contributed by atoms with Crippen molar-refractivity contribution in [1.82, 2.24) is 14.7 Å². The van der Waals surface area contributed by atoms with Gasteiger partial charge in [-0.2, -0.15) is 0 Å². The Morgan fingerprint density at radius 1 is 0.967 bits per heavy atom. The first-order chi connectivity index (χ1) is 14.5. The van der Waals surface area contributed by atoms with Crippen LogP contribution in [-0.2, 0) is 13.0 Å². The molecule has 0 spiro atoms. The number of benzene rings is 2. The molecule has 0 atom stereocenters. The molecule has 7 heteroatoms. The van der Waals surface area contributed by atoms with Crippen LogP contribution in [0.25, 0.3) is 5.65 Å². The zero-order valence-corrected chi connectivity index (χ0v) is 16.6. The molecule has 0 saturated heterocycles. The summed E-state index contributed by atoms with van der Waals surface area (Å²) in [5.74, 6) is -1.20. The zero-order valence-electron chi connectivity index (χ0n) is 15.9. The largest absolute Gasteiger partial charge is 0.478 e. The second kappa shape index (κ2) is 8.39. The molecule has 2 N–H and O–H groups in total. The number of carbonyl (C=O) groups excluding carboxylic acids is 1. The number of rotatable bonds is 6. The topological polar surface area (TPSA) is 83.7 Å². The molecular formula is C23H18ClN3O3. The van der Waals surface area contributed by atoms with Crippen molar-refractivity contribution in [2.24, 2.45) is 0 Å². The van der Waals surface area contributed by atoms with Crippen LogP contribution in [-0.4, -0.2) is 26.4 Å². The molecule has 2 aromatic carbocycles. The number of imidazole rings is 1. The maximum atomic E-state index is 12.5. The number of nitrogens with one attached hydrogen (secondary N) is 1. The highest BCUT2D eigenvalue weighted by Crippen LogP contribution is 2.19. The van der Waals surface area contributed by atoms with Crippen LogP contribution in [0.4, 0.5) is 0 Å². The molecule has 0 aliphatic rings. The SMILES string of the molecule is O=C(O)c1ccc(CNC(=O)c2ccc3nc(Cc4ccccc4Cl)cn3c2)cc1. The third-order valence-corrected chi connectivity index (χ3v) is 5.12. The first-order valence-electron chi connectivity index (χ1n) is 9.31. The summed E-state index contributed by atoms with van der Waals surface area (Å²) in [6, 6.07) is 17.6. The van der Waals surface area contributed by atoms with Gasteiger partial charge in [0.15, 0.2) is 0 Å². The number of nitrogens with zero attached hydrogens (tertiary/aromatic N) is 2. The predicted molar refractivity (Wildman–Crippen MR) is 114 cm³/mol. The van der Waals surface area contributed by atoms with Crippen molar-refractivity contribution in [2.75, 3.05) is 0 Å². The fraction of sp³-hybridized carbons (Fsp3) is 0.0870. The number of amides is 1. The average molecular weight is 420 g/mol. The highest BCUT2D eigenvalue weighted by atomic mass is 35.5. The van der Waals surface area contributed by atoms with Crippen LogP contribution in [0.15, 0.2) is 73.1 Å². The van der Waals surface area contributed by atoms with Gasteiger partial charge in [-0.3, -0.25) is 4.79 Å². The standard InChI is InChI=1S/C23H18ClN3O3/c24-20-4-2-1-3-17(20)11-19-14-27-13-18(9-10-21(27)26-19)22(28)25-12-15-5-7-16(8-6-15)23(29)30/h1-10,13-14H,11-12H2,(H,25,28)(H,29,30). The molecule has 2 heterocycles. The molecule has 4 rings (SSSR count). The molecule has 2 aromatic heterocycles. The van der Waals surface area contributed by atoms with Crippen molar-refractivity contribution in [3.63, 3.8) is 0 Å². The Balaban J connectivity index is 1.45. The van der Waals surface area contributed by atoms with Crippen molar-refractivity contribution in [1.29, 1.82) is 0 Å². The Morgan fingerprint density at radius 3 is 2.43 bits per heavy atom. The van der Waals surface area contributed by atoms with Gasteiger partial charge < -0.3 is 14.8 Å². The number of fused-ring (bicyclic) bond motifs is 1. The van der Waals surface area contributed by atoms with E-state index in [0.717, 1.165) is 22.5 Å². The molecule has 1 amide bonds. The predicted octanol–water partition coefficient (Wildman–Crippen LogP) is 4.21. The van der Waals surface area contributed by atoms with Crippen LogP contribution >= 0.6 is 11.6 Å². The van der Waals surface area contributed by atoms with Crippen LogP contribution in [0.1, 0.15) is 37.5 Å². The van der Waals surface area contributed by atoms with E-state index in [1.54, 1.807) is 30.5 Å². The third-order valence-electron chi connectivity index (χ3n) is 4.75. The number of hydrogen-bond acceptors (Lipinski definition) is 3. The van der Waals surface area contributed by atoms with E-state index < -0.39 is 5.97 Å². The second-order valence-corrected chi connectivity index (χ2v) is 7.28. The van der Waals surface area contributed by atoms with Crippen molar-refractivity contribution in [2.45, 2.75) is 13.0 Å². The van der Waals surface area contributed by atoms with Gasteiger partial charge >= 0.3 is 5.97 Å². The lowest BCUT2D eigenvalue weighted by atomic mass is 10.1. The first-order valence-corrected chi connectivity index (χ1v) is 9.69. The summed E-state index contributed by atoms with van der Waals surface area (Å²) in [5, 5.41) is 12.5. The number of aromatic nitrogens is 2. The minimum atomic E-state index is -0.979. The van der Waals surface area contributed by atoms with Gasteiger partial charge in [0.2, 0.25) is 0 Å². The van der Waals surface area contributed by atoms with Crippen molar-refractivity contribution in [3.05, 3.63) is 106 Å². The summed E-state index contributed by atoms with van der Waals surface area (Å²) < 4.78 is 1.82. The van der Waals surface area contributed by atoms with Gasteiger partial charge in [-0.25, -0.2) is 9.78 Å². The number of halogens is 1. The van der Waals surface area contributed by atoms with E-state index in [4.69, 9.17) is 16.7 Å². The quantitative estimate of drug-likeness (QED) is 0.490. The lowest BCUT2D eigenvalue weighted by Crippen LogP contribution is -2.23. The number of hydrogen-bond donors (Lipinski definition) is 2. The number of carboxylic acid groups (broad SMARTS) is 1. The first kappa shape index (κ1) is 19.7. The van der Waals surface area contributed by atoms with Crippen LogP contribution in [0.3, 0.4) is 0 Å². The van der Waals surface area contributed by atoms with E-state index >= 15 is 0 Å². The van der Waals surface area contributed by atoms with Crippen molar-refractivity contribution in [3.8, 4) is 0 Å². The Kier molecular flexibility index (Phi) is 5.50. The molecule has 0 saturated carbocycles. The van der Waals surface area contributed by atoms with Crippen LogP contribution in [0.2, 0.25) is 5.02 Å². The normalized spacial score (nSPS) is 10.8. The van der Waals surface area contributed by atoms with E-state index in [1.807, 2.05) is 34.9 Å².